The molecule has 1 saturated heterocycles. The zero-order chi connectivity index (χ0) is 20.8. The van der Waals surface area contributed by atoms with Crippen LogP contribution in [0.1, 0.15) is 15.9 Å². The molecule has 0 saturated carbocycles. The number of aromatic nitrogens is 2. The minimum absolute atomic E-state index is 0.411. The number of rotatable bonds is 7. The summed E-state index contributed by atoms with van der Waals surface area (Å²) < 4.78 is 11.5. The van der Waals surface area contributed by atoms with Crippen LogP contribution >= 0.6 is 11.8 Å². The smallest absolute Gasteiger partial charge is 0.248 e. The molecule has 154 valence electrons. The molecule has 0 unspecified atom stereocenters. The minimum atomic E-state index is -0.448. The maximum Gasteiger partial charge on any atom is 0.248 e. The lowest BCUT2D eigenvalue weighted by atomic mass is 10.2. The molecule has 0 atom stereocenters. The lowest BCUT2D eigenvalue weighted by Crippen LogP contribution is -2.37. The molecule has 2 heterocycles. The first-order valence-corrected chi connectivity index (χ1v) is 10.4. The Balaban J connectivity index is 1.57. The molecule has 7 nitrogen and oxygen atoms in total. The van der Waals surface area contributed by atoms with Crippen LogP contribution in [-0.4, -0.2) is 42.2 Å². The van der Waals surface area contributed by atoms with Crippen molar-refractivity contribution in [3.05, 3.63) is 71.9 Å². The summed E-state index contributed by atoms with van der Waals surface area (Å²) in [6, 6.07) is 17.1. The molecule has 0 bridgehead atoms. The molecule has 2 N–H and O–H groups in total. The molecule has 0 spiro atoms. The Kier molecular flexibility index (Phi) is 6.46. The third kappa shape index (κ3) is 5.08. The number of carbonyl (C=O) groups is 1. The van der Waals surface area contributed by atoms with Crippen LogP contribution < -0.4 is 15.4 Å². The normalized spacial score (nSPS) is 13.8. The summed E-state index contributed by atoms with van der Waals surface area (Å²) in [6.07, 6.45) is 1.78. The van der Waals surface area contributed by atoms with E-state index in [1.165, 1.54) is 11.8 Å². The van der Waals surface area contributed by atoms with Gasteiger partial charge >= 0.3 is 0 Å². The molecule has 4 rings (SSSR count). The van der Waals surface area contributed by atoms with Crippen LogP contribution in [-0.2, 0) is 11.3 Å². The Hall–Kier alpha value is -3.10. The summed E-state index contributed by atoms with van der Waals surface area (Å²) in [5.74, 6) is 0.714. The van der Waals surface area contributed by atoms with E-state index >= 15 is 0 Å². The van der Waals surface area contributed by atoms with Crippen LogP contribution in [0.15, 0.2) is 70.6 Å². The van der Waals surface area contributed by atoms with Crippen LogP contribution in [0.25, 0.3) is 0 Å². The number of hydrogen-bond acceptors (Lipinski definition) is 7. The standard InChI is InChI=1S/C22H22N4O3S/c23-20(27)17-6-8-18(9-7-17)30-19-14-24-22(26-10-12-28-13-11-26)25-21(19)29-15-16-4-2-1-3-5-16/h1-9,14H,10-13,15H2,(H2,23,27). The van der Waals surface area contributed by atoms with Gasteiger partial charge in [-0.25, -0.2) is 4.98 Å². The molecular formula is C22H22N4O3S. The van der Waals surface area contributed by atoms with Gasteiger partial charge in [-0.2, -0.15) is 4.98 Å². The van der Waals surface area contributed by atoms with Gasteiger partial charge in [-0.1, -0.05) is 42.1 Å². The Bertz CT molecular complexity index is 993. The second kappa shape index (κ2) is 9.60. The zero-order valence-electron chi connectivity index (χ0n) is 16.4. The van der Waals surface area contributed by atoms with Gasteiger partial charge < -0.3 is 20.1 Å². The first kappa shape index (κ1) is 20.2. The fourth-order valence-corrected chi connectivity index (χ4v) is 3.80. The van der Waals surface area contributed by atoms with Gasteiger partial charge in [0.15, 0.2) is 0 Å². The zero-order valence-corrected chi connectivity index (χ0v) is 17.2. The SMILES string of the molecule is NC(=O)c1ccc(Sc2cnc(N3CCOCC3)nc2OCc2ccccc2)cc1. The predicted molar refractivity (Wildman–Crippen MR) is 115 cm³/mol. The number of ether oxygens (including phenoxy) is 2. The molecule has 1 aliphatic heterocycles. The fourth-order valence-electron chi connectivity index (χ4n) is 2.98. The van der Waals surface area contributed by atoms with E-state index in [2.05, 4.69) is 9.88 Å². The van der Waals surface area contributed by atoms with Crippen molar-refractivity contribution in [3.63, 3.8) is 0 Å². The highest BCUT2D eigenvalue weighted by Crippen LogP contribution is 2.35. The number of nitrogens with zero attached hydrogens (tertiary/aromatic N) is 3. The van der Waals surface area contributed by atoms with E-state index in [1.54, 1.807) is 18.3 Å². The first-order chi connectivity index (χ1) is 14.7. The van der Waals surface area contributed by atoms with Crippen molar-refractivity contribution in [2.75, 3.05) is 31.2 Å². The van der Waals surface area contributed by atoms with Crippen LogP contribution in [0.2, 0.25) is 0 Å². The highest BCUT2D eigenvalue weighted by Gasteiger charge is 2.17. The van der Waals surface area contributed by atoms with Crippen LogP contribution in [0.4, 0.5) is 5.95 Å². The summed E-state index contributed by atoms with van der Waals surface area (Å²) in [5, 5.41) is 0. The van der Waals surface area contributed by atoms with Crippen LogP contribution in [0, 0.1) is 0 Å². The van der Waals surface area contributed by atoms with Crippen molar-refractivity contribution in [3.8, 4) is 5.88 Å². The van der Waals surface area contributed by atoms with Crippen LogP contribution in [0.5, 0.6) is 5.88 Å². The van der Waals surface area contributed by atoms with Gasteiger partial charge in [-0.3, -0.25) is 4.79 Å². The van der Waals surface area contributed by atoms with E-state index in [4.69, 9.17) is 20.2 Å². The summed E-state index contributed by atoms with van der Waals surface area (Å²) in [7, 11) is 0. The number of benzene rings is 2. The van der Waals surface area contributed by atoms with Crippen molar-refractivity contribution < 1.29 is 14.3 Å². The Morgan fingerprint density at radius 1 is 1.10 bits per heavy atom. The third-order valence-corrected chi connectivity index (χ3v) is 5.60. The Morgan fingerprint density at radius 3 is 2.53 bits per heavy atom. The quantitative estimate of drug-likeness (QED) is 0.625. The summed E-state index contributed by atoms with van der Waals surface area (Å²) in [5.41, 5.74) is 6.86. The summed E-state index contributed by atoms with van der Waals surface area (Å²) in [6.45, 7) is 3.23. The molecule has 2 aromatic carbocycles. The van der Waals surface area contributed by atoms with E-state index in [0.717, 1.165) is 28.4 Å². The third-order valence-electron chi connectivity index (χ3n) is 4.59. The van der Waals surface area contributed by atoms with Gasteiger partial charge in [0.05, 0.1) is 24.3 Å². The van der Waals surface area contributed by atoms with Gasteiger partial charge in [0, 0.05) is 23.5 Å². The van der Waals surface area contributed by atoms with Gasteiger partial charge in [0.2, 0.25) is 17.7 Å². The number of primary amides is 1. The first-order valence-electron chi connectivity index (χ1n) is 9.63. The Morgan fingerprint density at radius 2 is 1.83 bits per heavy atom. The number of anilines is 1. The number of amides is 1. The number of carbonyl (C=O) groups excluding carboxylic acids is 1. The molecule has 1 amide bonds. The molecular weight excluding hydrogens is 400 g/mol. The highest BCUT2D eigenvalue weighted by molar-refractivity contribution is 7.99. The van der Waals surface area contributed by atoms with E-state index < -0.39 is 5.91 Å². The highest BCUT2D eigenvalue weighted by atomic mass is 32.2. The van der Waals surface area contributed by atoms with E-state index in [-0.39, 0.29) is 0 Å². The van der Waals surface area contributed by atoms with Crippen molar-refractivity contribution in [1.82, 2.24) is 9.97 Å². The maximum atomic E-state index is 11.3. The Labute approximate surface area is 179 Å². The van der Waals surface area contributed by atoms with Crippen molar-refractivity contribution in [2.24, 2.45) is 5.73 Å². The largest absolute Gasteiger partial charge is 0.472 e. The van der Waals surface area contributed by atoms with Crippen molar-refractivity contribution in [2.45, 2.75) is 16.4 Å². The van der Waals surface area contributed by atoms with E-state index in [1.807, 2.05) is 42.5 Å². The average molecular weight is 423 g/mol. The number of hydrogen-bond donors (Lipinski definition) is 1. The fraction of sp³-hybridized carbons (Fsp3) is 0.227. The number of morpholine rings is 1. The van der Waals surface area contributed by atoms with Crippen molar-refractivity contribution in [1.29, 1.82) is 0 Å². The average Bonchev–Trinajstić information content (AvgIpc) is 2.80. The van der Waals surface area contributed by atoms with E-state index in [9.17, 15) is 4.79 Å². The minimum Gasteiger partial charge on any atom is -0.472 e. The second-order valence-corrected chi connectivity index (χ2v) is 7.82. The molecule has 1 aliphatic rings. The molecule has 3 aromatic rings. The summed E-state index contributed by atoms with van der Waals surface area (Å²) in [4.78, 5) is 24.4. The number of nitrogens with two attached hydrogens (primary N) is 1. The lowest BCUT2D eigenvalue weighted by molar-refractivity contribution is 0.1000. The van der Waals surface area contributed by atoms with Crippen molar-refractivity contribution >= 4 is 23.6 Å². The van der Waals surface area contributed by atoms with Gasteiger partial charge in [0.25, 0.3) is 0 Å². The molecule has 0 radical (unpaired) electrons. The maximum absolute atomic E-state index is 11.3. The topological polar surface area (TPSA) is 90.6 Å². The molecule has 1 aromatic heterocycles. The predicted octanol–water partition coefficient (Wildman–Crippen LogP) is 3.14. The van der Waals surface area contributed by atoms with Gasteiger partial charge in [0.1, 0.15) is 6.61 Å². The van der Waals surface area contributed by atoms with Crippen LogP contribution in [0.3, 0.4) is 0 Å². The molecule has 0 aliphatic carbocycles. The van der Waals surface area contributed by atoms with E-state index in [0.29, 0.717) is 37.2 Å². The monoisotopic (exact) mass is 422 g/mol. The van der Waals surface area contributed by atoms with Gasteiger partial charge in [-0.15, -0.1) is 0 Å². The molecule has 8 heteroatoms. The summed E-state index contributed by atoms with van der Waals surface area (Å²) >= 11 is 1.48. The molecule has 30 heavy (non-hydrogen) atoms. The van der Waals surface area contributed by atoms with Gasteiger partial charge in [-0.05, 0) is 29.8 Å². The lowest BCUT2D eigenvalue weighted by Gasteiger charge is -2.27. The molecule has 1 fully saturated rings. The second-order valence-electron chi connectivity index (χ2n) is 6.70.